The van der Waals surface area contributed by atoms with E-state index in [0.29, 0.717) is 48.7 Å². The SMILES string of the molecule is O=C(COc1cc(-c2ccccc2)nc(N2CCC3(CC2)OCCO3)n1)c1ccc(Cl)cc1. The van der Waals surface area contributed by atoms with Crippen LogP contribution in [0.25, 0.3) is 11.3 Å². The summed E-state index contributed by atoms with van der Waals surface area (Å²) in [5, 5.41) is 0.581. The van der Waals surface area contributed by atoms with Crippen LogP contribution in [0, 0.1) is 0 Å². The van der Waals surface area contributed by atoms with Gasteiger partial charge in [0.1, 0.15) is 0 Å². The number of carbonyl (C=O) groups is 1. The smallest absolute Gasteiger partial charge is 0.229 e. The lowest BCUT2D eigenvalue weighted by Gasteiger charge is -2.37. The van der Waals surface area contributed by atoms with Crippen LogP contribution in [0.5, 0.6) is 5.88 Å². The largest absolute Gasteiger partial charge is 0.469 e. The summed E-state index contributed by atoms with van der Waals surface area (Å²) in [4.78, 5) is 24.1. The Bertz CT molecular complexity index is 1110. The van der Waals surface area contributed by atoms with Crippen molar-refractivity contribution in [3.05, 3.63) is 71.2 Å². The molecule has 5 rings (SSSR count). The van der Waals surface area contributed by atoms with Crippen molar-refractivity contribution in [3.63, 3.8) is 0 Å². The molecule has 0 aliphatic carbocycles. The quantitative estimate of drug-likeness (QED) is 0.499. The second kappa shape index (κ2) is 9.47. The van der Waals surface area contributed by atoms with Crippen LogP contribution >= 0.6 is 11.6 Å². The number of hydrogen-bond acceptors (Lipinski definition) is 7. The number of halogens is 1. The molecule has 170 valence electrons. The van der Waals surface area contributed by atoms with E-state index in [1.54, 1.807) is 30.3 Å². The minimum atomic E-state index is -0.474. The van der Waals surface area contributed by atoms with E-state index in [2.05, 4.69) is 9.88 Å². The van der Waals surface area contributed by atoms with E-state index in [-0.39, 0.29) is 12.4 Å². The minimum Gasteiger partial charge on any atom is -0.469 e. The van der Waals surface area contributed by atoms with Gasteiger partial charge in [-0.15, -0.1) is 0 Å². The molecule has 0 N–H and O–H groups in total. The molecule has 2 aliphatic rings. The number of Topliss-reactive ketones (excluding diaryl/α,β-unsaturated/α-hetero) is 1. The van der Waals surface area contributed by atoms with Crippen molar-refractivity contribution in [1.29, 1.82) is 0 Å². The van der Waals surface area contributed by atoms with Crippen LogP contribution in [0.3, 0.4) is 0 Å². The van der Waals surface area contributed by atoms with Crippen molar-refractivity contribution in [2.24, 2.45) is 0 Å². The Morgan fingerprint density at radius 3 is 2.39 bits per heavy atom. The molecule has 7 nitrogen and oxygen atoms in total. The number of nitrogens with zero attached hydrogens (tertiary/aromatic N) is 3. The predicted molar refractivity (Wildman–Crippen MR) is 125 cm³/mol. The zero-order chi connectivity index (χ0) is 22.7. The van der Waals surface area contributed by atoms with Gasteiger partial charge in [0.05, 0.1) is 18.9 Å². The second-order valence-corrected chi connectivity index (χ2v) is 8.51. The maximum Gasteiger partial charge on any atom is 0.229 e. The van der Waals surface area contributed by atoms with Gasteiger partial charge in [0.15, 0.2) is 18.2 Å². The van der Waals surface area contributed by atoms with Crippen LogP contribution < -0.4 is 9.64 Å². The summed E-state index contributed by atoms with van der Waals surface area (Å²) in [6.07, 6.45) is 1.49. The summed E-state index contributed by atoms with van der Waals surface area (Å²) in [5.74, 6) is 0.300. The van der Waals surface area contributed by atoms with Gasteiger partial charge >= 0.3 is 0 Å². The van der Waals surface area contributed by atoms with Gasteiger partial charge in [-0.3, -0.25) is 4.79 Å². The van der Waals surface area contributed by atoms with Crippen LogP contribution in [-0.2, 0) is 9.47 Å². The molecule has 0 radical (unpaired) electrons. The Labute approximate surface area is 197 Å². The molecule has 0 amide bonds. The molecule has 3 heterocycles. The molecule has 0 atom stereocenters. The second-order valence-electron chi connectivity index (χ2n) is 8.07. The molecule has 1 spiro atoms. The van der Waals surface area contributed by atoms with Gasteiger partial charge in [-0.25, -0.2) is 4.98 Å². The lowest BCUT2D eigenvalue weighted by atomic mass is 10.0. The Kier molecular flexibility index (Phi) is 6.26. The molecule has 2 aliphatic heterocycles. The summed E-state index contributed by atoms with van der Waals surface area (Å²) in [6, 6.07) is 18.4. The van der Waals surface area contributed by atoms with Crippen LogP contribution in [0.4, 0.5) is 5.95 Å². The van der Waals surface area contributed by atoms with E-state index < -0.39 is 5.79 Å². The summed E-state index contributed by atoms with van der Waals surface area (Å²) in [6.45, 7) is 2.57. The fraction of sp³-hybridized carbons (Fsp3) is 0.320. The number of ketones is 1. The average Bonchev–Trinajstić information content (AvgIpc) is 3.31. The molecule has 8 heteroatoms. The number of benzene rings is 2. The maximum atomic E-state index is 12.6. The zero-order valence-corrected chi connectivity index (χ0v) is 18.8. The lowest BCUT2D eigenvalue weighted by molar-refractivity contribution is -0.169. The molecular weight excluding hydrogens is 442 g/mol. The number of piperidine rings is 1. The van der Waals surface area contributed by atoms with Crippen molar-refractivity contribution in [3.8, 4) is 17.1 Å². The standard InChI is InChI=1S/C25H24ClN3O4/c26-20-8-6-19(7-9-20)22(30)17-31-23-16-21(18-4-2-1-3-5-18)27-24(28-23)29-12-10-25(11-13-29)32-14-15-33-25/h1-9,16H,10-15,17H2. The molecule has 2 saturated heterocycles. The third kappa shape index (κ3) is 5.00. The highest BCUT2D eigenvalue weighted by Gasteiger charge is 2.40. The number of hydrogen-bond donors (Lipinski definition) is 0. The van der Waals surface area contributed by atoms with Gasteiger partial charge in [-0.2, -0.15) is 4.98 Å². The van der Waals surface area contributed by atoms with Crippen LogP contribution in [0.15, 0.2) is 60.7 Å². The molecule has 3 aromatic rings. The third-order valence-electron chi connectivity index (χ3n) is 5.90. The van der Waals surface area contributed by atoms with Crippen LogP contribution in [0.2, 0.25) is 5.02 Å². The number of ether oxygens (including phenoxy) is 3. The summed E-state index contributed by atoms with van der Waals surface area (Å²) < 4.78 is 17.5. The van der Waals surface area contributed by atoms with E-state index in [0.717, 1.165) is 24.1 Å². The van der Waals surface area contributed by atoms with Crippen molar-refractivity contribution in [2.75, 3.05) is 37.8 Å². The van der Waals surface area contributed by atoms with Gasteiger partial charge < -0.3 is 19.1 Å². The van der Waals surface area contributed by atoms with Gasteiger partial charge in [0.25, 0.3) is 0 Å². The molecule has 2 fully saturated rings. The Morgan fingerprint density at radius 1 is 1.00 bits per heavy atom. The molecule has 0 saturated carbocycles. The first-order chi connectivity index (χ1) is 16.1. The van der Waals surface area contributed by atoms with Crippen molar-refractivity contribution in [2.45, 2.75) is 18.6 Å². The molecule has 33 heavy (non-hydrogen) atoms. The molecule has 0 unspecified atom stereocenters. The van der Waals surface area contributed by atoms with E-state index in [9.17, 15) is 4.79 Å². The predicted octanol–water partition coefficient (Wildman–Crippen LogP) is 4.40. The normalized spacial score (nSPS) is 17.3. The third-order valence-corrected chi connectivity index (χ3v) is 6.15. The summed E-state index contributed by atoms with van der Waals surface area (Å²) in [5.41, 5.74) is 2.23. The lowest BCUT2D eigenvalue weighted by Crippen LogP contribution is -2.45. The van der Waals surface area contributed by atoms with Crippen LogP contribution in [-0.4, -0.2) is 54.4 Å². The van der Waals surface area contributed by atoms with Gasteiger partial charge in [0.2, 0.25) is 11.8 Å². The number of anilines is 1. The molecular formula is C25H24ClN3O4. The van der Waals surface area contributed by atoms with Gasteiger partial charge in [-0.05, 0) is 24.3 Å². The summed E-state index contributed by atoms with van der Waals surface area (Å²) >= 11 is 5.92. The number of aromatic nitrogens is 2. The highest BCUT2D eigenvalue weighted by molar-refractivity contribution is 6.30. The van der Waals surface area contributed by atoms with E-state index in [4.69, 9.17) is 30.8 Å². The molecule has 0 bridgehead atoms. The highest BCUT2D eigenvalue weighted by Crippen LogP contribution is 2.33. The van der Waals surface area contributed by atoms with Gasteiger partial charge in [0, 0.05) is 48.1 Å². The average molecular weight is 466 g/mol. The van der Waals surface area contributed by atoms with Crippen molar-refractivity contribution in [1.82, 2.24) is 9.97 Å². The fourth-order valence-corrected chi connectivity index (χ4v) is 4.20. The van der Waals surface area contributed by atoms with Crippen LogP contribution in [0.1, 0.15) is 23.2 Å². The summed E-state index contributed by atoms with van der Waals surface area (Å²) in [7, 11) is 0. The fourth-order valence-electron chi connectivity index (χ4n) is 4.08. The zero-order valence-electron chi connectivity index (χ0n) is 18.1. The number of carbonyl (C=O) groups excluding carboxylic acids is 1. The first-order valence-corrected chi connectivity index (χ1v) is 11.4. The Hall–Kier alpha value is -3.00. The monoisotopic (exact) mass is 465 g/mol. The topological polar surface area (TPSA) is 73.8 Å². The molecule has 1 aromatic heterocycles. The van der Waals surface area contributed by atoms with E-state index in [1.165, 1.54) is 0 Å². The first kappa shape index (κ1) is 21.8. The van der Waals surface area contributed by atoms with Crippen molar-refractivity contribution < 1.29 is 19.0 Å². The Balaban J connectivity index is 1.36. The van der Waals surface area contributed by atoms with E-state index in [1.807, 2.05) is 30.3 Å². The number of rotatable bonds is 6. The molecule has 2 aromatic carbocycles. The highest BCUT2D eigenvalue weighted by atomic mass is 35.5. The Morgan fingerprint density at radius 2 is 1.70 bits per heavy atom. The minimum absolute atomic E-state index is 0.128. The van der Waals surface area contributed by atoms with E-state index >= 15 is 0 Å². The maximum absolute atomic E-state index is 12.6. The van der Waals surface area contributed by atoms with Crippen molar-refractivity contribution >= 4 is 23.3 Å². The van der Waals surface area contributed by atoms with Gasteiger partial charge in [-0.1, -0.05) is 41.9 Å². The first-order valence-electron chi connectivity index (χ1n) is 11.0.